The van der Waals surface area contributed by atoms with Crippen LogP contribution in [0.1, 0.15) is 18.4 Å². The molecule has 1 saturated carbocycles. The van der Waals surface area contributed by atoms with E-state index in [2.05, 4.69) is 36.1 Å². The van der Waals surface area contributed by atoms with Gasteiger partial charge in [0.05, 0.1) is 0 Å². The number of benzene rings is 1. The number of hydrogen-bond acceptors (Lipinski definition) is 1. The van der Waals surface area contributed by atoms with E-state index >= 15 is 0 Å². The van der Waals surface area contributed by atoms with Gasteiger partial charge in [-0.05, 0) is 37.8 Å². The predicted octanol–water partition coefficient (Wildman–Crippen LogP) is 2.59. The maximum Gasteiger partial charge on any atom is 0.0368 e. The fraction of sp³-hybridized carbons (Fsp3) is 0.500. The molecule has 1 aromatic carbocycles. The van der Waals surface area contributed by atoms with Crippen LogP contribution in [0.4, 0.5) is 5.69 Å². The van der Waals surface area contributed by atoms with Crippen LogP contribution in [0.25, 0.3) is 0 Å². The number of anilines is 1. The van der Waals surface area contributed by atoms with Crippen molar-refractivity contribution in [2.24, 2.45) is 5.92 Å². The Balaban J connectivity index is 1.88. The summed E-state index contributed by atoms with van der Waals surface area (Å²) in [4.78, 5) is 2.57. The van der Waals surface area contributed by atoms with Gasteiger partial charge in [-0.25, -0.2) is 0 Å². The summed E-state index contributed by atoms with van der Waals surface area (Å²) < 4.78 is 0. The van der Waals surface area contributed by atoms with Crippen LogP contribution in [-0.4, -0.2) is 12.6 Å². The van der Waals surface area contributed by atoms with Crippen LogP contribution in [0, 0.1) is 12.8 Å². The van der Waals surface area contributed by atoms with Gasteiger partial charge in [-0.15, -0.1) is 0 Å². The average Bonchev–Trinajstić information content (AvgIpc) is 2.62. The molecule has 2 heterocycles. The Kier molecular flexibility index (Phi) is 1.43. The third-order valence-corrected chi connectivity index (χ3v) is 3.47. The van der Waals surface area contributed by atoms with Gasteiger partial charge in [0.1, 0.15) is 0 Å². The lowest BCUT2D eigenvalue weighted by Crippen LogP contribution is -2.28. The first-order valence-electron chi connectivity index (χ1n) is 5.16. The number of aryl methyl sites for hydroxylation is 1. The first kappa shape index (κ1) is 7.43. The Labute approximate surface area is 79.4 Å². The van der Waals surface area contributed by atoms with Crippen LogP contribution in [0.5, 0.6) is 0 Å². The van der Waals surface area contributed by atoms with Crippen LogP contribution < -0.4 is 4.90 Å². The number of nitrogens with zero attached hydrogens (tertiary/aromatic N) is 1. The molecule has 4 rings (SSSR count). The molecule has 2 aliphatic heterocycles. The van der Waals surface area contributed by atoms with Crippen molar-refractivity contribution in [2.75, 3.05) is 11.4 Å². The highest BCUT2D eigenvalue weighted by Gasteiger charge is 2.42. The Morgan fingerprint density at radius 1 is 1.15 bits per heavy atom. The molecule has 0 unspecified atom stereocenters. The summed E-state index contributed by atoms with van der Waals surface area (Å²) in [5.41, 5.74) is 2.78. The van der Waals surface area contributed by atoms with E-state index in [9.17, 15) is 0 Å². The van der Waals surface area contributed by atoms with Crippen molar-refractivity contribution < 1.29 is 0 Å². The number of fused-ring (bicyclic) bond motifs is 1. The standard InChI is InChI=1S/C12H15N/c1-9-2-4-11(5-3-9)13-8-10-6-12(13)7-10/h2-5,10,12H,6-8H2,1H3. The molecule has 1 aliphatic carbocycles. The molecule has 2 saturated heterocycles. The van der Waals surface area contributed by atoms with Crippen LogP contribution in [0.3, 0.4) is 0 Å². The quantitative estimate of drug-likeness (QED) is 0.631. The highest BCUT2D eigenvalue weighted by Crippen LogP contribution is 2.42. The van der Waals surface area contributed by atoms with Crippen molar-refractivity contribution in [1.29, 1.82) is 0 Å². The molecule has 0 radical (unpaired) electrons. The maximum atomic E-state index is 2.57. The molecule has 68 valence electrons. The minimum absolute atomic E-state index is 0.868. The third kappa shape index (κ3) is 1.06. The Morgan fingerprint density at radius 3 is 2.38 bits per heavy atom. The van der Waals surface area contributed by atoms with Crippen molar-refractivity contribution >= 4 is 5.69 Å². The molecule has 13 heavy (non-hydrogen) atoms. The molecule has 2 bridgehead atoms. The van der Waals surface area contributed by atoms with E-state index in [0.717, 1.165) is 12.0 Å². The molecule has 1 nitrogen and oxygen atoms in total. The van der Waals surface area contributed by atoms with Crippen LogP contribution in [-0.2, 0) is 0 Å². The van der Waals surface area contributed by atoms with Crippen molar-refractivity contribution in [1.82, 2.24) is 0 Å². The molecular formula is C12H15N. The predicted molar refractivity (Wildman–Crippen MR) is 55.0 cm³/mol. The maximum absolute atomic E-state index is 2.57. The van der Waals surface area contributed by atoms with E-state index in [-0.39, 0.29) is 0 Å². The largest absolute Gasteiger partial charge is 0.368 e. The normalized spacial score (nSPS) is 30.4. The van der Waals surface area contributed by atoms with Crippen LogP contribution in [0.15, 0.2) is 24.3 Å². The van der Waals surface area contributed by atoms with Gasteiger partial charge in [-0.1, -0.05) is 17.7 Å². The third-order valence-electron chi connectivity index (χ3n) is 3.47. The van der Waals surface area contributed by atoms with Gasteiger partial charge < -0.3 is 4.90 Å². The second-order valence-electron chi connectivity index (χ2n) is 4.48. The molecule has 0 atom stereocenters. The monoisotopic (exact) mass is 173 g/mol. The first-order chi connectivity index (χ1) is 6.33. The van der Waals surface area contributed by atoms with Gasteiger partial charge in [-0.2, -0.15) is 0 Å². The summed E-state index contributed by atoms with van der Waals surface area (Å²) in [6.45, 7) is 3.45. The summed E-state index contributed by atoms with van der Waals surface area (Å²) in [6.07, 6.45) is 2.88. The van der Waals surface area contributed by atoms with Gasteiger partial charge in [0, 0.05) is 18.3 Å². The van der Waals surface area contributed by atoms with E-state index in [1.807, 2.05) is 0 Å². The average molecular weight is 173 g/mol. The van der Waals surface area contributed by atoms with E-state index in [4.69, 9.17) is 0 Å². The lowest BCUT2D eigenvalue weighted by atomic mass is 9.86. The zero-order chi connectivity index (χ0) is 8.84. The lowest BCUT2D eigenvalue weighted by Gasteiger charge is -2.27. The van der Waals surface area contributed by atoms with Gasteiger partial charge in [0.15, 0.2) is 0 Å². The highest BCUT2D eigenvalue weighted by molar-refractivity contribution is 5.51. The molecule has 3 aliphatic rings. The van der Waals surface area contributed by atoms with E-state index in [1.54, 1.807) is 0 Å². The summed E-state index contributed by atoms with van der Waals surface area (Å²) in [5.74, 6) is 1.01. The van der Waals surface area contributed by atoms with Crippen molar-refractivity contribution in [3.05, 3.63) is 29.8 Å². The zero-order valence-corrected chi connectivity index (χ0v) is 8.03. The van der Waals surface area contributed by atoms with Crippen molar-refractivity contribution in [3.8, 4) is 0 Å². The summed E-state index contributed by atoms with van der Waals surface area (Å²) >= 11 is 0. The molecule has 3 fully saturated rings. The van der Waals surface area contributed by atoms with Gasteiger partial charge in [0.2, 0.25) is 0 Å². The minimum atomic E-state index is 0.868. The topological polar surface area (TPSA) is 3.24 Å². The van der Waals surface area contributed by atoms with Gasteiger partial charge in [0.25, 0.3) is 0 Å². The smallest absolute Gasteiger partial charge is 0.0368 e. The molecule has 0 amide bonds. The summed E-state index contributed by atoms with van der Waals surface area (Å²) in [5, 5.41) is 0. The molecule has 0 spiro atoms. The first-order valence-corrected chi connectivity index (χ1v) is 5.16. The lowest BCUT2D eigenvalue weighted by molar-refractivity contribution is 0.381. The fourth-order valence-corrected chi connectivity index (χ4v) is 2.58. The van der Waals surface area contributed by atoms with Crippen molar-refractivity contribution in [3.63, 3.8) is 0 Å². The number of hydrogen-bond donors (Lipinski definition) is 0. The fourth-order valence-electron chi connectivity index (χ4n) is 2.58. The summed E-state index contributed by atoms with van der Waals surface area (Å²) in [7, 11) is 0. The minimum Gasteiger partial charge on any atom is -0.368 e. The second-order valence-corrected chi connectivity index (χ2v) is 4.48. The van der Waals surface area contributed by atoms with E-state index in [1.165, 1.54) is 30.6 Å². The SMILES string of the molecule is Cc1ccc(N2CC3CC2C3)cc1. The molecule has 1 aromatic rings. The van der Waals surface area contributed by atoms with Crippen LogP contribution >= 0.6 is 0 Å². The van der Waals surface area contributed by atoms with E-state index in [0.29, 0.717) is 0 Å². The Hall–Kier alpha value is -0.980. The molecule has 0 N–H and O–H groups in total. The van der Waals surface area contributed by atoms with Crippen LogP contribution in [0.2, 0.25) is 0 Å². The second kappa shape index (κ2) is 2.50. The van der Waals surface area contributed by atoms with Crippen molar-refractivity contribution in [2.45, 2.75) is 25.8 Å². The van der Waals surface area contributed by atoms with Gasteiger partial charge >= 0.3 is 0 Å². The highest BCUT2D eigenvalue weighted by atomic mass is 15.2. The summed E-state index contributed by atoms with van der Waals surface area (Å²) in [6, 6.07) is 9.81. The van der Waals surface area contributed by atoms with Gasteiger partial charge in [-0.3, -0.25) is 0 Å². The Bertz CT molecular complexity index is 308. The molecule has 0 aromatic heterocycles. The molecular weight excluding hydrogens is 158 g/mol. The molecule has 1 heteroatoms. The number of rotatable bonds is 1. The zero-order valence-electron chi connectivity index (χ0n) is 8.03. The van der Waals surface area contributed by atoms with E-state index < -0.39 is 0 Å². The Morgan fingerprint density at radius 2 is 1.85 bits per heavy atom.